The van der Waals surface area contributed by atoms with Crippen LogP contribution in [0.15, 0.2) is 4.52 Å². The lowest BCUT2D eigenvalue weighted by molar-refractivity contribution is -0.134. The van der Waals surface area contributed by atoms with Gasteiger partial charge >= 0.3 is 5.97 Å². The number of aryl methyl sites for hydroxylation is 1. The van der Waals surface area contributed by atoms with Crippen molar-refractivity contribution in [3.05, 3.63) is 17.0 Å². The number of hydrogen-bond acceptors (Lipinski definition) is 5. The molecule has 0 spiro atoms. The molecule has 0 aromatic carbocycles. The van der Waals surface area contributed by atoms with Crippen molar-refractivity contribution in [2.45, 2.75) is 83.8 Å². The van der Waals surface area contributed by atoms with Gasteiger partial charge in [-0.1, -0.05) is 19.0 Å². The second-order valence-electron chi connectivity index (χ2n) is 9.40. The van der Waals surface area contributed by atoms with E-state index < -0.39 is 12.1 Å². The summed E-state index contributed by atoms with van der Waals surface area (Å²) in [6.07, 6.45) is 6.37. The standard InChI is InChI=1S/C21H30N2O4/c1-11(2)18-17(12(3)23-27-18)20(25)26-13(4)19(24)22-21-8-14-5-15(9-21)7-16(6-14)10-21/h11,13-16H,5-10H2,1-4H3,(H,22,24)/t13-,14?,15?,16?,21?/m0/s1. The predicted molar refractivity (Wildman–Crippen MR) is 99.3 cm³/mol. The van der Waals surface area contributed by atoms with Crippen LogP contribution in [-0.2, 0) is 9.53 Å². The molecule has 4 fully saturated rings. The van der Waals surface area contributed by atoms with E-state index in [1.165, 1.54) is 19.3 Å². The molecule has 1 heterocycles. The van der Waals surface area contributed by atoms with Crippen LogP contribution in [0.2, 0.25) is 0 Å². The van der Waals surface area contributed by atoms with Crippen LogP contribution in [0.3, 0.4) is 0 Å². The maximum Gasteiger partial charge on any atom is 0.344 e. The fraction of sp³-hybridized carbons (Fsp3) is 0.762. The van der Waals surface area contributed by atoms with Crippen LogP contribution < -0.4 is 5.32 Å². The molecule has 1 atom stereocenters. The first-order chi connectivity index (χ1) is 12.8. The van der Waals surface area contributed by atoms with E-state index >= 15 is 0 Å². The second-order valence-corrected chi connectivity index (χ2v) is 9.40. The number of nitrogens with one attached hydrogen (secondary N) is 1. The lowest BCUT2D eigenvalue weighted by atomic mass is 9.53. The number of carbonyl (C=O) groups excluding carboxylic acids is 2. The lowest BCUT2D eigenvalue weighted by Gasteiger charge is -2.57. The van der Waals surface area contributed by atoms with Gasteiger partial charge < -0.3 is 14.6 Å². The van der Waals surface area contributed by atoms with Crippen molar-refractivity contribution in [1.29, 1.82) is 0 Å². The van der Waals surface area contributed by atoms with Gasteiger partial charge in [-0.3, -0.25) is 4.79 Å². The van der Waals surface area contributed by atoms with E-state index in [2.05, 4.69) is 10.5 Å². The van der Waals surface area contributed by atoms with Crippen molar-refractivity contribution in [3.8, 4) is 0 Å². The first-order valence-electron chi connectivity index (χ1n) is 10.3. The Kier molecular flexibility index (Phi) is 4.55. The predicted octanol–water partition coefficient (Wildman–Crippen LogP) is 3.74. The van der Waals surface area contributed by atoms with Crippen LogP contribution in [0, 0.1) is 24.7 Å². The highest BCUT2D eigenvalue weighted by Crippen LogP contribution is 2.55. The van der Waals surface area contributed by atoms with Crippen molar-refractivity contribution >= 4 is 11.9 Å². The number of aromatic nitrogens is 1. The molecule has 0 radical (unpaired) electrons. The van der Waals surface area contributed by atoms with Gasteiger partial charge in [0.15, 0.2) is 11.9 Å². The minimum Gasteiger partial charge on any atom is -0.449 e. The Morgan fingerprint density at radius 1 is 1.11 bits per heavy atom. The topological polar surface area (TPSA) is 81.4 Å². The summed E-state index contributed by atoms with van der Waals surface area (Å²) in [5, 5.41) is 7.15. The van der Waals surface area contributed by atoms with E-state index in [0.29, 0.717) is 17.0 Å². The van der Waals surface area contributed by atoms with E-state index in [9.17, 15) is 9.59 Å². The first-order valence-corrected chi connectivity index (χ1v) is 10.3. The molecule has 4 aliphatic carbocycles. The Morgan fingerprint density at radius 3 is 2.19 bits per heavy atom. The molecule has 4 bridgehead atoms. The molecule has 1 amide bonds. The summed E-state index contributed by atoms with van der Waals surface area (Å²) < 4.78 is 10.8. The summed E-state index contributed by atoms with van der Waals surface area (Å²) in [6, 6.07) is 0. The number of hydrogen-bond donors (Lipinski definition) is 1. The molecule has 6 heteroatoms. The molecule has 0 saturated heterocycles. The molecule has 4 saturated carbocycles. The number of nitrogens with zero attached hydrogens (tertiary/aromatic N) is 1. The van der Waals surface area contributed by atoms with Gasteiger partial charge in [0, 0.05) is 11.5 Å². The largest absolute Gasteiger partial charge is 0.449 e. The molecule has 148 valence electrons. The van der Waals surface area contributed by atoms with Crippen LogP contribution in [0.25, 0.3) is 0 Å². The zero-order valence-electron chi connectivity index (χ0n) is 16.7. The SMILES string of the molecule is Cc1noc(C(C)C)c1C(=O)O[C@@H](C)C(=O)NC12CC3CC(CC(C3)C1)C2. The van der Waals surface area contributed by atoms with Crippen LogP contribution in [0.4, 0.5) is 0 Å². The monoisotopic (exact) mass is 374 g/mol. The average Bonchev–Trinajstić information content (AvgIpc) is 2.95. The van der Waals surface area contributed by atoms with Gasteiger partial charge in [0.05, 0.1) is 5.69 Å². The van der Waals surface area contributed by atoms with E-state index in [1.54, 1.807) is 13.8 Å². The summed E-state index contributed by atoms with van der Waals surface area (Å²) in [6.45, 7) is 7.22. The van der Waals surface area contributed by atoms with Crippen LogP contribution in [0.5, 0.6) is 0 Å². The lowest BCUT2D eigenvalue weighted by Crippen LogP contribution is -2.61. The molecule has 1 aromatic heterocycles. The molecule has 1 aromatic rings. The maximum absolute atomic E-state index is 12.8. The van der Waals surface area contributed by atoms with E-state index in [4.69, 9.17) is 9.26 Å². The number of rotatable bonds is 5. The van der Waals surface area contributed by atoms with Gasteiger partial charge in [-0.2, -0.15) is 0 Å². The van der Waals surface area contributed by atoms with Crippen LogP contribution >= 0.6 is 0 Å². The maximum atomic E-state index is 12.8. The van der Waals surface area contributed by atoms with Gasteiger partial charge in [0.25, 0.3) is 5.91 Å². The smallest absolute Gasteiger partial charge is 0.344 e. The molecule has 5 rings (SSSR count). The van der Waals surface area contributed by atoms with E-state index in [0.717, 1.165) is 37.0 Å². The van der Waals surface area contributed by atoms with E-state index in [1.807, 2.05) is 13.8 Å². The quantitative estimate of drug-likeness (QED) is 0.794. The van der Waals surface area contributed by atoms with Gasteiger partial charge in [0.2, 0.25) is 0 Å². The fourth-order valence-corrected chi connectivity index (χ4v) is 5.93. The summed E-state index contributed by atoms with van der Waals surface area (Å²) in [4.78, 5) is 25.4. The third-order valence-electron chi connectivity index (χ3n) is 6.70. The first kappa shape index (κ1) is 18.5. The minimum atomic E-state index is -0.834. The average molecular weight is 374 g/mol. The van der Waals surface area contributed by atoms with Gasteiger partial charge in [-0.15, -0.1) is 0 Å². The summed E-state index contributed by atoms with van der Waals surface area (Å²) >= 11 is 0. The molecule has 0 aliphatic heterocycles. The van der Waals surface area contributed by atoms with Crippen molar-refractivity contribution < 1.29 is 18.8 Å². The second kappa shape index (κ2) is 6.64. The molecular formula is C21H30N2O4. The fourth-order valence-electron chi connectivity index (χ4n) is 5.93. The highest BCUT2D eigenvalue weighted by atomic mass is 16.5. The summed E-state index contributed by atoms with van der Waals surface area (Å²) in [7, 11) is 0. The number of esters is 1. The minimum absolute atomic E-state index is 0.0184. The van der Waals surface area contributed by atoms with E-state index in [-0.39, 0.29) is 17.4 Å². The Labute approximate surface area is 160 Å². The molecule has 0 unspecified atom stereocenters. The summed E-state index contributed by atoms with van der Waals surface area (Å²) in [5.41, 5.74) is 0.764. The van der Waals surface area contributed by atoms with Gasteiger partial charge in [-0.25, -0.2) is 4.79 Å². The zero-order chi connectivity index (χ0) is 19.3. The van der Waals surface area contributed by atoms with Crippen molar-refractivity contribution in [2.24, 2.45) is 17.8 Å². The molecular weight excluding hydrogens is 344 g/mol. The number of ether oxygens (including phenoxy) is 1. The number of carbonyl (C=O) groups is 2. The molecule has 27 heavy (non-hydrogen) atoms. The Balaban J connectivity index is 1.42. The molecule has 1 N–H and O–H groups in total. The van der Waals surface area contributed by atoms with Crippen molar-refractivity contribution in [2.75, 3.05) is 0 Å². The number of amides is 1. The molecule has 4 aliphatic rings. The van der Waals surface area contributed by atoms with Crippen LogP contribution in [-0.4, -0.2) is 28.7 Å². The van der Waals surface area contributed by atoms with Gasteiger partial charge in [0.1, 0.15) is 5.56 Å². The normalized spacial score (nSPS) is 32.6. The highest BCUT2D eigenvalue weighted by molar-refractivity contribution is 5.94. The highest BCUT2D eigenvalue weighted by Gasteiger charge is 2.51. The third kappa shape index (κ3) is 3.39. The van der Waals surface area contributed by atoms with Crippen molar-refractivity contribution in [1.82, 2.24) is 10.5 Å². The zero-order valence-corrected chi connectivity index (χ0v) is 16.7. The Morgan fingerprint density at radius 2 is 1.67 bits per heavy atom. The van der Waals surface area contributed by atoms with Gasteiger partial charge in [-0.05, 0) is 70.1 Å². The molecule has 6 nitrogen and oxygen atoms in total. The third-order valence-corrected chi connectivity index (χ3v) is 6.70. The Hall–Kier alpha value is -1.85. The van der Waals surface area contributed by atoms with Crippen molar-refractivity contribution in [3.63, 3.8) is 0 Å². The Bertz CT molecular complexity index is 716. The van der Waals surface area contributed by atoms with Crippen LogP contribution in [0.1, 0.15) is 87.0 Å². The summed E-state index contributed by atoms with van der Waals surface area (Å²) in [5.74, 6) is 2.06.